The molecule has 5 rings (SSSR count). The van der Waals surface area contributed by atoms with Crippen molar-refractivity contribution in [1.29, 1.82) is 0 Å². The molecule has 2 aliphatic rings. The number of benzene rings is 2. The van der Waals surface area contributed by atoms with E-state index in [4.69, 9.17) is 0 Å². The van der Waals surface area contributed by atoms with Gasteiger partial charge in [0.1, 0.15) is 18.0 Å². The van der Waals surface area contributed by atoms with Gasteiger partial charge in [-0.3, -0.25) is 9.80 Å². The van der Waals surface area contributed by atoms with E-state index in [-0.39, 0.29) is 11.3 Å². The molecule has 0 spiro atoms. The average Bonchev–Trinajstić information content (AvgIpc) is 2.87. The first-order valence-corrected chi connectivity index (χ1v) is 11.3. The number of rotatable bonds is 5. The van der Waals surface area contributed by atoms with Crippen LogP contribution in [0.4, 0.5) is 30.8 Å². The first-order valence-electron chi connectivity index (χ1n) is 11.3. The number of aromatic nitrogens is 2. The second-order valence-electron chi connectivity index (χ2n) is 8.41. The number of nitrogens with zero attached hydrogens (tertiary/aromatic N) is 5. The number of urea groups is 1. The molecule has 0 atom stereocenters. The van der Waals surface area contributed by atoms with Crippen molar-refractivity contribution < 1.29 is 23.1 Å². The molecule has 11 heteroatoms. The summed E-state index contributed by atoms with van der Waals surface area (Å²) in [5.74, 6) is -1.18. The van der Waals surface area contributed by atoms with Crippen LogP contribution in [0.3, 0.4) is 0 Å². The molecule has 0 saturated carbocycles. The third-order valence-corrected chi connectivity index (χ3v) is 6.44. The van der Waals surface area contributed by atoms with Gasteiger partial charge in [-0.05, 0) is 31.2 Å². The fraction of sp³-hybridized carbons (Fsp3) is 0.333. The van der Waals surface area contributed by atoms with E-state index >= 15 is 4.39 Å². The van der Waals surface area contributed by atoms with Crippen molar-refractivity contribution in [3.05, 3.63) is 53.4 Å². The third-order valence-electron chi connectivity index (χ3n) is 6.44. The van der Waals surface area contributed by atoms with Gasteiger partial charge in [0.25, 0.3) is 0 Å². The van der Waals surface area contributed by atoms with Crippen LogP contribution in [0.25, 0.3) is 10.9 Å². The Labute approximate surface area is 200 Å². The molecule has 0 radical (unpaired) electrons. The van der Waals surface area contributed by atoms with Gasteiger partial charge in [0.2, 0.25) is 0 Å². The minimum atomic E-state index is -0.590. The number of halogens is 2. The summed E-state index contributed by atoms with van der Waals surface area (Å²) < 4.78 is 34.7. The molecular formula is C24H24F2N6O3. The zero-order valence-corrected chi connectivity index (χ0v) is 19.3. The summed E-state index contributed by atoms with van der Waals surface area (Å²) >= 11 is 0. The predicted molar refractivity (Wildman–Crippen MR) is 127 cm³/mol. The Balaban J connectivity index is 1.34. The van der Waals surface area contributed by atoms with Crippen LogP contribution in [0.2, 0.25) is 0 Å². The standard InChI is InChI=1S/C24H24F2N6O3/c1-3-32-22-19-17(27-13-28-22)11-15(20(26)21(19)29-24(32)34)12-30-6-8-31(9-7-30)18-5-4-14(10-16(18)25)23(33)35-2/h4-5,10-11,13H,3,6-9,12H2,1-2H3,(H,29,34). The highest BCUT2D eigenvalue weighted by Crippen LogP contribution is 2.38. The van der Waals surface area contributed by atoms with Crippen LogP contribution in [0, 0.1) is 11.6 Å². The highest BCUT2D eigenvalue weighted by atomic mass is 19.1. The number of methoxy groups -OCH3 is 1. The second-order valence-corrected chi connectivity index (χ2v) is 8.41. The highest BCUT2D eigenvalue weighted by molar-refractivity contribution is 6.17. The number of esters is 1. The van der Waals surface area contributed by atoms with Gasteiger partial charge in [0.15, 0.2) is 5.82 Å². The molecular weight excluding hydrogens is 458 g/mol. The van der Waals surface area contributed by atoms with Crippen molar-refractivity contribution in [1.82, 2.24) is 14.9 Å². The molecule has 2 aliphatic heterocycles. The highest BCUT2D eigenvalue weighted by Gasteiger charge is 2.30. The maximum absolute atomic E-state index is 15.5. The number of hydrogen-bond acceptors (Lipinski definition) is 7. The molecule has 2 amide bonds. The molecule has 2 aromatic carbocycles. The fourth-order valence-corrected chi connectivity index (χ4v) is 4.63. The van der Waals surface area contributed by atoms with E-state index in [1.807, 2.05) is 11.8 Å². The number of nitrogens with one attached hydrogen (secondary N) is 1. The van der Waals surface area contributed by atoms with Gasteiger partial charge in [-0.2, -0.15) is 0 Å². The first kappa shape index (κ1) is 22.9. The summed E-state index contributed by atoms with van der Waals surface area (Å²) in [5, 5.41) is 3.14. The van der Waals surface area contributed by atoms with Crippen molar-refractivity contribution in [3.63, 3.8) is 0 Å². The van der Waals surface area contributed by atoms with Crippen molar-refractivity contribution in [2.24, 2.45) is 0 Å². The minimum absolute atomic E-state index is 0.106. The maximum Gasteiger partial charge on any atom is 0.337 e. The number of carbonyl (C=O) groups excluding carboxylic acids is 2. The van der Waals surface area contributed by atoms with Crippen molar-refractivity contribution in [2.45, 2.75) is 13.5 Å². The molecule has 1 aromatic heterocycles. The Morgan fingerprint density at radius 1 is 1.14 bits per heavy atom. The molecule has 1 N–H and O–H groups in total. The summed E-state index contributed by atoms with van der Waals surface area (Å²) in [6.07, 6.45) is 1.38. The number of hydrogen-bond donors (Lipinski definition) is 1. The molecule has 182 valence electrons. The monoisotopic (exact) mass is 482 g/mol. The fourth-order valence-electron chi connectivity index (χ4n) is 4.63. The first-order chi connectivity index (χ1) is 16.9. The Bertz CT molecular complexity index is 1330. The van der Waals surface area contributed by atoms with E-state index in [9.17, 15) is 14.0 Å². The van der Waals surface area contributed by atoms with Gasteiger partial charge in [0, 0.05) is 44.8 Å². The zero-order chi connectivity index (χ0) is 24.7. The summed E-state index contributed by atoms with van der Waals surface area (Å²) in [5.41, 5.74) is 1.65. The van der Waals surface area contributed by atoms with Crippen molar-refractivity contribution >= 4 is 40.1 Å². The lowest BCUT2D eigenvalue weighted by Crippen LogP contribution is -2.46. The average molecular weight is 482 g/mol. The van der Waals surface area contributed by atoms with Crippen molar-refractivity contribution in [3.8, 4) is 0 Å². The Kier molecular flexibility index (Phi) is 5.93. The van der Waals surface area contributed by atoms with Crippen LogP contribution < -0.4 is 15.1 Å². The number of carbonyl (C=O) groups is 2. The van der Waals surface area contributed by atoms with Crippen LogP contribution in [-0.4, -0.2) is 66.7 Å². The van der Waals surface area contributed by atoms with Gasteiger partial charge in [0.05, 0.1) is 35.0 Å². The Morgan fingerprint density at radius 2 is 1.91 bits per heavy atom. The molecule has 3 heterocycles. The zero-order valence-electron chi connectivity index (χ0n) is 19.3. The maximum atomic E-state index is 15.5. The van der Waals surface area contributed by atoms with Gasteiger partial charge >= 0.3 is 12.0 Å². The Morgan fingerprint density at radius 3 is 2.60 bits per heavy atom. The number of ether oxygens (including phenoxy) is 1. The number of piperazine rings is 1. The molecule has 1 saturated heterocycles. The largest absolute Gasteiger partial charge is 0.465 e. The van der Waals surface area contributed by atoms with Gasteiger partial charge in [-0.25, -0.2) is 28.3 Å². The summed E-state index contributed by atoms with van der Waals surface area (Å²) in [6, 6.07) is 5.56. The van der Waals surface area contributed by atoms with Gasteiger partial charge < -0.3 is 15.0 Å². The van der Waals surface area contributed by atoms with Crippen LogP contribution in [-0.2, 0) is 11.3 Å². The summed E-state index contributed by atoms with van der Waals surface area (Å²) in [4.78, 5) is 38.0. The van der Waals surface area contributed by atoms with E-state index < -0.39 is 23.6 Å². The molecule has 0 unspecified atom stereocenters. The number of anilines is 3. The van der Waals surface area contributed by atoms with Crippen LogP contribution in [0.15, 0.2) is 30.6 Å². The summed E-state index contributed by atoms with van der Waals surface area (Å²) in [6.45, 7) is 4.76. The predicted octanol–water partition coefficient (Wildman–Crippen LogP) is 3.39. The molecule has 3 aromatic rings. The lowest BCUT2D eigenvalue weighted by atomic mass is 10.1. The minimum Gasteiger partial charge on any atom is -0.465 e. The lowest BCUT2D eigenvalue weighted by Gasteiger charge is -2.36. The van der Waals surface area contributed by atoms with Crippen LogP contribution in [0.5, 0.6) is 0 Å². The molecule has 0 bridgehead atoms. The molecule has 35 heavy (non-hydrogen) atoms. The van der Waals surface area contributed by atoms with Crippen molar-refractivity contribution in [2.75, 3.05) is 55.0 Å². The summed E-state index contributed by atoms with van der Waals surface area (Å²) in [7, 11) is 1.25. The molecule has 0 aliphatic carbocycles. The van der Waals surface area contributed by atoms with E-state index in [0.717, 1.165) is 0 Å². The van der Waals surface area contributed by atoms with E-state index in [1.165, 1.54) is 30.5 Å². The van der Waals surface area contributed by atoms with Crippen LogP contribution in [0.1, 0.15) is 22.8 Å². The molecule has 1 fully saturated rings. The van der Waals surface area contributed by atoms with Crippen LogP contribution >= 0.6 is 0 Å². The number of amides is 2. The third kappa shape index (κ3) is 4.01. The topological polar surface area (TPSA) is 90.9 Å². The normalized spacial score (nSPS) is 15.9. The Hall–Kier alpha value is -3.86. The smallest absolute Gasteiger partial charge is 0.337 e. The van der Waals surface area contributed by atoms with Gasteiger partial charge in [-0.1, -0.05) is 0 Å². The quantitative estimate of drug-likeness (QED) is 0.558. The lowest BCUT2D eigenvalue weighted by molar-refractivity contribution is 0.0600. The van der Waals surface area contributed by atoms with Gasteiger partial charge in [-0.15, -0.1) is 0 Å². The van der Waals surface area contributed by atoms with E-state index in [0.29, 0.717) is 67.2 Å². The SMILES string of the molecule is CCN1C(=O)Nc2c(F)c(CN3CCN(c4ccc(C(=O)OC)cc4F)CC3)cc3ncnc1c23. The second kappa shape index (κ2) is 9.06. The molecule has 9 nitrogen and oxygen atoms in total. The van der Waals surface area contributed by atoms with E-state index in [2.05, 4.69) is 24.9 Å². The van der Waals surface area contributed by atoms with E-state index in [1.54, 1.807) is 12.1 Å².